The monoisotopic (exact) mass is 246 g/mol. The van der Waals surface area contributed by atoms with Gasteiger partial charge in [0.1, 0.15) is 17.3 Å². The number of rotatable bonds is 5. The Labute approximate surface area is 107 Å². The Morgan fingerprint density at radius 3 is 2.72 bits per heavy atom. The van der Waals surface area contributed by atoms with E-state index in [9.17, 15) is 0 Å². The molecule has 2 aromatic rings. The maximum atomic E-state index is 5.91. The molecule has 0 unspecified atom stereocenters. The van der Waals surface area contributed by atoms with Crippen LogP contribution in [0.25, 0.3) is 0 Å². The summed E-state index contributed by atoms with van der Waals surface area (Å²) in [7, 11) is 1.65. The van der Waals surface area contributed by atoms with Crippen molar-refractivity contribution in [1.82, 2.24) is 5.32 Å². The first-order valence-electron chi connectivity index (χ1n) is 5.87. The molecule has 0 amide bonds. The van der Waals surface area contributed by atoms with Crippen molar-refractivity contribution in [3.05, 3.63) is 47.4 Å². The summed E-state index contributed by atoms with van der Waals surface area (Å²) in [6.45, 7) is 3.30. The number of anilines is 1. The van der Waals surface area contributed by atoms with Crippen molar-refractivity contribution in [1.29, 1.82) is 0 Å². The molecule has 0 saturated carbocycles. The predicted octanol–water partition coefficient (Wildman–Crippen LogP) is 2.47. The van der Waals surface area contributed by atoms with Gasteiger partial charge in [0.25, 0.3) is 0 Å². The minimum Gasteiger partial charge on any atom is -0.497 e. The zero-order valence-electron chi connectivity index (χ0n) is 10.7. The summed E-state index contributed by atoms with van der Waals surface area (Å²) in [6, 6.07) is 9.57. The molecule has 0 aliphatic carbocycles. The maximum absolute atomic E-state index is 5.91. The van der Waals surface area contributed by atoms with Crippen molar-refractivity contribution in [3.63, 3.8) is 0 Å². The number of ether oxygens (including phenoxy) is 1. The highest BCUT2D eigenvalue weighted by molar-refractivity contribution is 5.50. The molecule has 0 saturated heterocycles. The van der Waals surface area contributed by atoms with E-state index >= 15 is 0 Å². The molecular weight excluding hydrogens is 228 g/mol. The smallest absolute Gasteiger partial charge is 0.119 e. The van der Waals surface area contributed by atoms with Crippen LogP contribution in [0.15, 0.2) is 34.7 Å². The molecule has 0 aliphatic heterocycles. The van der Waals surface area contributed by atoms with Crippen molar-refractivity contribution in [2.45, 2.75) is 20.0 Å². The van der Waals surface area contributed by atoms with Gasteiger partial charge in [-0.15, -0.1) is 0 Å². The summed E-state index contributed by atoms with van der Waals surface area (Å²) in [6.07, 6.45) is 0. The number of nitrogen functional groups attached to an aromatic ring is 1. The maximum Gasteiger partial charge on any atom is 0.119 e. The fourth-order valence-electron chi connectivity index (χ4n) is 1.76. The van der Waals surface area contributed by atoms with Crippen LogP contribution in [0.5, 0.6) is 5.75 Å². The number of furan rings is 1. The molecule has 1 aromatic carbocycles. The second-order valence-corrected chi connectivity index (χ2v) is 4.18. The lowest BCUT2D eigenvalue weighted by Crippen LogP contribution is -2.13. The van der Waals surface area contributed by atoms with Gasteiger partial charge in [-0.05, 0) is 42.8 Å². The normalized spacial score (nSPS) is 10.6. The van der Waals surface area contributed by atoms with E-state index in [0.717, 1.165) is 28.5 Å². The number of hydrogen-bond donors (Lipinski definition) is 2. The molecular formula is C14H18N2O2. The lowest BCUT2D eigenvalue weighted by Gasteiger charge is -2.08. The fraction of sp³-hybridized carbons (Fsp3) is 0.286. The molecule has 0 fully saturated rings. The van der Waals surface area contributed by atoms with Gasteiger partial charge in [0.15, 0.2) is 0 Å². The lowest BCUT2D eigenvalue weighted by atomic mass is 10.1. The second kappa shape index (κ2) is 5.60. The first-order chi connectivity index (χ1) is 8.69. The number of nitrogens with one attached hydrogen (secondary N) is 1. The minimum atomic E-state index is 0.683. The van der Waals surface area contributed by atoms with Gasteiger partial charge in [-0.3, -0.25) is 0 Å². The molecule has 0 bridgehead atoms. The van der Waals surface area contributed by atoms with E-state index < -0.39 is 0 Å². The summed E-state index contributed by atoms with van der Waals surface area (Å²) in [5.74, 6) is 2.66. The zero-order valence-corrected chi connectivity index (χ0v) is 10.7. The van der Waals surface area contributed by atoms with Gasteiger partial charge < -0.3 is 20.2 Å². The average Bonchev–Trinajstić information content (AvgIpc) is 2.77. The van der Waals surface area contributed by atoms with Crippen LogP contribution in [0.2, 0.25) is 0 Å². The molecule has 18 heavy (non-hydrogen) atoms. The molecule has 0 aliphatic rings. The number of methoxy groups -OCH3 is 1. The molecule has 1 aromatic heterocycles. The lowest BCUT2D eigenvalue weighted by molar-refractivity contribution is 0.414. The number of nitrogens with two attached hydrogens (primary N) is 1. The van der Waals surface area contributed by atoms with Crippen molar-refractivity contribution >= 4 is 5.69 Å². The standard InChI is InChI=1S/C14H18N2O2/c1-10-3-4-13(18-10)9-16-8-11-7-12(17-2)5-6-14(11)15/h3-7,16H,8-9,15H2,1-2H3. The van der Waals surface area contributed by atoms with Crippen LogP contribution >= 0.6 is 0 Å². The SMILES string of the molecule is COc1ccc(N)c(CNCc2ccc(C)o2)c1. The molecule has 1 heterocycles. The highest BCUT2D eigenvalue weighted by Gasteiger charge is 2.03. The van der Waals surface area contributed by atoms with Gasteiger partial charge >= 0.3 is 0 Å². The van der Waals surface area contributed by atoms with Gasteiger partial charge in [-0.1, -0.05) is 0 Å². The molecule has 0 atom stereocenters. The van der Waals surface area contributed by atoms with E-state index in [0.29, 0.717) is 13.1 Å². The van der Waals surface area contributed by atoms with E-state index in [2.05, 4.69) is 5.32 Å². The summed E-state index contributed by atoms with van der Waals surface area (Å²) < 4.78 is 10.7. The van der Waals surface area contributed by atoms with E-state index in [1.54, 1.807) is 7.11 Å². The summed E-state index contributed by atoms with van der Waals surface area (Å²) in [5, 5.41) is 3.29. The number of benzene rings is 1. The Hall–Kier alpha value is -1.94. The van der Waals surface area contributed by atoms with Crippen LogP contribution in [0.4, 0.5) is 5.69 Å². The Kier molecular flexibility index (Phi) is 3.89. The highest BCUT2D eigenvalue weighted by Crippen LogP contribution is 2.19. The molecule has 4 nitrogen and oxygen atoms in total. The number of aryl methyl sites for hydroxylation is 1. The zero-order chi connectivity index (χ0) is 13.0. The van der Waals surface area contributed by atoms with Crippen LogP contribution in [0.1, 0.15) is 17.1 Å². The van der Waals surface area contributed by atoms with E-state index in [1.807, 2.05) is 37.3 Å². The largest absolute Gasteiger partial charge is 0.497 e. The van der Waals surface area contributed by atoms with Crippen LogP contribution in [-0.4, -0.2) is 7.11 Å². The molecule has 3 N–H and O–H groups in total. The molecule has 0 spiro atoms. The third kappa shape index (κ3) is 3.05. The van der Waals surface area contributed by atoms with Crippen LogP contribution in [-0.2, 0) is 13.1 Å². The Bertz CT molecular complexity index is 520. The average molecular weight is 246 g/mol. The van der Waals surface area contributed by atoms with Gasteiger partial charge in [-0.25, -0.2) is 0 Å². The van der Waals surface area contributed by atoms with Crippen LogP contribution in [0, 0.1) is 6.92 Å². The third-order valence-electron chi connectivity index (χ3n) is 2.76. The van der Waals surface area contributed by atoms with Crippen LogP contribution in [0.3, 0.4) is 0 Å². The Balaban J connectivity index is 1.93. The van der Waals surface area contributed by atoms with Crippen molar-refractivity contribution < 1.29 is 9.15 Å². The molecule has 2 rings (SSSR count). The van der Waals surface area contributed by atoms with Gasteiger partial charge in [0, 0.05) is 12.2 Å². The van der Waals surface area contributed by atoms with Crippen LogP contribution < -0.4 is 15.8 Å². The summed E-state index contributed by atoms with van der Waals surface area (Å²) in [5.41, 5.74) is 7.70. The first kappa shape index (κ1) is 12.5. The quantitative estimate of drug-likeness (QED) is 0.796. The fourth-order valence-corrected chi connectivity index (χ4v) is 1.76. The Morgan fingerprint density at radius 1 is 1.22 bits per heavy atom. The minimum absolute atomic E-state index is 0.683. The first-order valence-corrected chi connectivity index (χ1v) is 5.87. The molecule has 0 radical (unpaired) electrons. The van der Waals surface area contributed by atoms with E-state index in [1.165, 1.54) is 0 Å². The van der Waals surface area contributed by atoms with Gasteiger partial charge in [0.05, 0.1) is 13.7 Å². The summed E-state index contributed by atoms with van der Waals surface area (Å²) >= 11 is 0. The van der Waals surface area contributed by atoms with Crippen molar-refractivity contribution in [3.8, 4) is 5.75 Å². The predicted molar refractivity (Wildman–Crippen MR) is 71.4 cm³/mol. The van der Waals surface area contributed by atoms with Gasteiger partial charge in [-0.2, -0.15) is 0 Å². The Morgan fingerprint density at radius 2 is 2.06 bits per heavy atom. The van der Waals surface area contributed by atoms with Crippen molar-refractivity contribution in [2.75, 3.05) is 12.8 Å². The van der Waals surface area contributed by atoms with E-state index in [-0.39, 0.29) is 0 Å². The number of hydrogen-bond acceptors (Lipinski definition) is 4. The van der Waals surface area contributed by atoms with Crippen molar-refractivity contribution in [2.24, 2.45) is 0 Å². The third-order valence-corrected chi connectivity index (χ3v) is 2.76. The van der Waals surface area contributed by atoms with E-state index in [4.69, 9.17) is 14.9 Å². The summed E-state index contributed by atoms with van der Waals surface area (Å²) in [4.78, 5) is 0. The topological polar surface area (TPSA) is 60.4 Å². The molecule has 4 heteroatoms. The second-order valence-electron chi connectivity index (χ2n) is 4.18. The molecule has 96 valence electrons. The van der Waals surface area contributed by atoms with Gasteiger partial charge in [0.2, 0.25) is 0 Å². The highest BCUT2D eigenvalue weighted by atomic mass is 16.5.